The van der Waals surface area contributed by atoms with Gasteiger partial charge >= 0.3 is 0 Å². The number of carbonyl (C=O) groups is 1. The van der Waals surface area contributed by atoms with Crippen molar-refractivity contribution in [2.45, 2.75) is 0 Å². The lowest BCUT2D eigenvalue weighted by Crippen LogP contribution is -2.29. The molecule has 0 spiro atoms. The number of rotatable bonds is 6. The molecule has 0 saturated carbocycles. The molecule has 21 heavy (non-hydrogen) atoms. The van der Waals surface area contributed by atoms with E-state index in [1.165, 1.54) is 6.08 Å². The molecular weight excluding hydrogens is 290 g/mol. The molecule has 0 aliphatic carbocycles. The SMILES string of the molecule is C=CCN(CC=C)C(=O)/C=C/c1cc(Cl)c2c(c1)OCO2. The molecule has 1 aliphatic heterocycles. The Kier molecular flexibility index (Phi) is 5.06. The normalized spacial score (nSPS) is 12.4. The molecule has 2 rings (SSSR count). The van der Waals surface area contributed by atoms with Gasteiger partial charge in [-0.3, -0.25) is 4.79 Å². The summed E-state index contributed by atoms with van der Waals surface area (Å²) in [7, 11) is 0. The van der Waals surface area contributed by atoms with Gasteiger partial charge in [0.15, 0.2) is 11.5 Å². The van der Waals surface area contributed by atoms with E-state index in [9.17, 15) is 4.79 Å². The van der Waals surface area contributed by atoms with Gasteiger partial charge in [-0.25, -0.2) is 0 Å². The molecule has 1 amide bonds. The van der Waals surface area contributed by atoms with Crippen molar-refractivity contribution in [2.24, 2.45) is 0 Å². The van der Waals surface area contributed by atoms with Crippen molar-refractivity contribution >= 4 is 23.6 Å². The predicted octanol–water partition coefficient (Wildman–Crippen LogP) is 3.28. The molecule has 0 unspecified atom stereocenters. The van der Waals surface area contributed by atoms with Gasteiger partial charge in [0.1, 0.15) is 0 Å². The van der Waals surface area contributed by atoms with Crippen LogP contribution in [0.3, 0.4) is 0 Å². The van der Waals surface area contributed by atoms with Crippen molar-refractivity contribution in [3.8, 4) is 11.5 Å². The van der Waals surface area contributed by atoms with Crippen LogP contribution in [0.1, 0.15) is 5.56 Å². The van der Waals surface area contributed by atoms with E-state index in [-0.39, 0.29) is 12.7 Å². The van der Waals surface area contributed by atoms with Crippen LogP contribution in [0.25, 0.3) is 6.08 Å². The summed E-state index contributed by atoms with van der Waals surface area (Å²) in [6, 6.07) is 3.51. The number of carbonyl (C=O) groups excluding carboxylic acids is 1. The van der Waals surface area contributed by atoms with Crippen molar-refractivity contribution in [1.29, 1.82) is 0 Å². The van der Waals surface area contributed by atoms with E-state index in [0.29, 0.717) is 29.6 Å². The first-order chi connectivity index (χ1) is 10.2. The Bertz CT molecular complexity index is 585. The van der Waals surface area contributed by atoms with Crippen molar-refractivity contribution in [3.63, 3.8) is 0 Å². The second kappa shape index (κ2) is 6.99. The van der Waals surface area contributed by atoms with Gasteiger partial charge in [0.05, 0.1) is 5.02 Å². The molecule has 0 aromatic heterocycles. The summed E-state index contributed by atoms with van der Waals surface area (Å²) < 4.78 is 10.5. The molecule has 0 N–H and O–H groups in total. The van der Waals surface area contributed by atoms with Crippen LogP contribution in [0.15, 0.2) is 43.5 Å². The highest BCUT2D eigenvalue weighted by Crippen LogP contribution is 2.40. The van der Waals surface area contributed by atoms with Crippen LogP contribution in [0.2, 0.25) is 5.02 Å². The molecule has 1 heterocycles. The fourth-order valence-electron chi connectivity index (χ4n) is 1.92. The molecule has 0 radical (unpaired) electrons. The van der Waals surface area contributed by atoms with Crippen LogP contribution >= 0.6 is 11.6 Å². The zero-order valence-corrected chi connectivity index (χ0v) is 12.3. The lowest BCUT2D eigenvalue weighted by Gasteiger charge is -2.16. The number of ether oxygens (including phenoxy) is 2. The highest BCUT2D eigenvalue weighted by molar-refractivity contribution is 6.32. The quantitative estimate of drug-likeness (QED) is 0.598. The number of hydrogen-bond donors (Lipinski definition) is 0. The fourth-order valence-corrected chi connectivity index (χ4v) is 2.20. The van der Waals surface area contributed by atoms with Crippen molar-refractivity contribution < 1.29 is 14.3 Å². The molecular formula is C16H16ClNO3. The Morgan fingerprint density at radius 1 is 1.29 bits per heavy atom. The average Bonchev–Trinajstić information content (AvgIpc) is 2.93. The van der Waals surface area contributed by atoms with Crippen molar-refractivity contribution in [3.05, 3.63) is 54.1 Å². The number of amides is 1. The fraction of sp³-hybridized carbons (Fsp3) is 0.188. The van der Waals surface area contributed by atoms with Gasteiger partial charge in [-0.15, -0.1) is 13.2 Å². The molecule has 0 bridgehead atoms. The van der Waals surface area contributed by atoms with Gasteiger partial charge in [-0.05, 0) is 23.8 Å². The van der Waals surface area contributed by atoms with E-state index < -0.39 is 0 Å². The first-order valence-electron chi connectivity index (χ1n) is 6.43. The molecule has 5 heteroatoms. The van der Waals surface area contributed by atoms with Gasteiger partial charge in [0.2, 0.25) is 12.7 Å². The highest BCUT2D eigenvalue weighted by Gasteiger charge is 2.17. The van der Waals surface area contributed by atoms with Gasteiger partial charge in [0, 0.05) is 19.2 Å². The zero-order valence-electron chi connectivity index (χ0n) is 11.5. The molecule has 0 saturated heterocycles. The Hall–Kier alpha value is -2.20. The van der Waals surface area contributed by atoms with Crippen LogP contribution in [-0.4, -0.2) is 30.7 Å². The summed E-state index contributed by atoms with van der Waals surface area (Å²) in [5.74, 6) is 1.01. The lowest BCUT2D eigenvalue weighted by atomic mass is 10.2. The van der Waals surface area contributed by atoms with Crippen LogP contribution in [0, 0.1) is 0 Å². The monoisotopic (exact) mass is 305 g/mol. The zero-order chi connectivity index (χ0) is 15.2. The maximum atomic E-state index is 12.1. The number of hydrogen-bond acceptors (Lipinski definition) is 3. The Labute approximate surface area is 128 Å². The summed E-state index contributed by atoms with van der Waals surface area (Å²) in [6.07, 6.45) is 6.52. The van der Waals surface area contributed by atoms with E-state index in [4.69, 9.17) is 21.1 Å². The lowest BCUT2D eigenvalue weighted by molar-refractivity contribution is -0.124. The van der Waals surface area contributed by atoms with Crippen molar-refractivity contribution in [1.82, 2.24) is 4.90 Å². The third kappa shape index (κ3) is 3.67. The summed E-state index contributed by atoms with van der Waals surface area (Å²) in [5, 5.41) is 0.464. The van der Waals surface area contributed by atoms with Crippen molar-refractivity contribution in [2.75, 3.05) is 19.9 Å². The highest BCUT2D eigenvalue weighted by atomic mass is 35.5. The maximum Gasteiger partial charge on any atom is 0.247 e. The summed E-state index contributed by atoms with van der Waals surface area (Å²) in [5.41, 5.74) is 0.773. The third-order valence-corrected chi connectivity index (χ3v) is 3.16. The molecule has 4 nitrogen and oxygen atoms in total. The second-order valence-corrected chi connectivity index (χ2v) is 4.80. The van der Waals surface area contributed by atoms with E-state index in [0.717, 1.165) is 5.56 Å². The summed E-state index contributed by atoms with van der Waals surface area (Å²) in [6.45, 7) is 8.37. The maximum absolute atomic E-state index is 12.1. The number of benzene rings is 1. The van der Waals surface area contributed by atoms with Gasteiger partial charge in [0.25, 0.3) is 0 Å². The van der Waals surface area contributed by atoms with Crippen LogP contribution in [-0.2, 0) is 4.79 Å². The topological polar surface area (TPSA) is 38.8 Å². The summed E-state index contributed by atoms with van der Waals surface area (Å²) >= 11 is 6.09. The predicted molar refractivity (Wildman–Crippen MR) is 83.6 cm³/mol. The van der Waals surface area contributed by atoms with E-state index in [2.05, 4.69) is 13.2 Å². The van der Waals surface area contributed by atoms with Crippen LogP contribution in [0.4, 0.5) is 0 Å². The average molecular weight is 306 g/mol. The Balaban J connectivity index is 2.13. The summed E-state index contributed by atoms with van der Waals surface area (Å²) in [4.78, 5) is 13.7. The number of nitrogens with zero attached hydrogens (tertiary/aromatic N) is 1. The first-order valence-corrected chi connectivity index (χ1v) is 6.81. The van der Waals surface area contributed by atoms with Crippen LogP contribution < -0.4 is 9.47 Å². The molecule has 1 aliphatic rings. The smallest absolute Gasteiger partial charge is 0.247 e. The number of fused-ring (bicyclic) bond motifs is 1. The molecule has 1 aromatic carbocycles. The minimum absolute atomic E-state index is 0.122. The largest absolute Gasteiger partial charge is 0.454 e. The standard InChI is InChI=1S/C16H16ClNO3/c1-3-7-18(8-4-2)15(19)6-5-12-9-13(17)16-14(10-12)20-11-21-16/h3-6,9-10H,1-2,7-8,11H2/b6-5+. The molecule has 110 valence electrons. The minimum atomic E-state index is -0.122. The molecule has 0 atom stereocenters. The minimum Gasteiger partial charge on any atom is -0.454 e. The Morgan fingerprint density at radius 3 is 2.67 bits per heavy atom. The van der Waals surface area contributed by atoms with Gasteiger partial charge in [-0.2, -0.15) is 0 Å². The Morgan fingerprint density at radius 2 is 2.00 bits per heavy atom. The molecule has 1 aromatic rings. The first kappa shape index (κ1) is 15.2. The van der Waals surface area contributed by atoms with E-state index >= 15 is 0 Å². The van der Waals surface area contributed by atoms with Gasteiger partial charge in [-0.1, -0.05) is 23.8 Å². The third-order valence-electron chi connectivity index (χ3n) is 2.88. The van der Waals surface area contributed by atoms with E-state index in [1.54, 1.807) is 35.3 Å². The molecule has 0 fully saturated rings. The van der Waals surface area contributed by atoms with Crippen LogP contribution in [0.5, 0.6) is 11.5 Å². The second-order valence-electron chi connectivity index (χ2n) is 4.39. The number of halogens is 1. The van der Waals surface area contributed by atoms with Gasteiger partial charge < -0.3 is 14.4 Å². The van der Waals surface area contributed by atoms with E-state index in [1.807, 2.05) is 0 Å².